The van der Waals surface area contributed by atoms with Gasteiger partial charge >= 0.3 is 6.18 Å². The number of aryl methyl sites for hydroxylation is 1. The van der Waals surface area contributed by atoms with E-state index >= 15 is 0 Å². The standard InChI is InChI=1S/C17H15F3N2O2/c1-11-6-8-12(9-7-11)21-15(23)10-16(24)22-14-5-3-2-4-13(14)17(18,19)20/h2-9H,10H2,1H3,(H,21,23)(H,22,24). The van der Waals surface area contributed by atoms with Gasteiger partial charge in [-0.3, -0.25) is 9.59 Å². The second kappa shape index (κ2) is 7.16. The number of rotatable bonds is 4. The van der Waals surface area contributed by atoms with Gasteiger partial charge < -0.3 is 10.6 Å². The maximum atomic E-state index is 12.9. The van der Waals surface area contributed by atoms with Crippen LogP contribution in [0.3, 0.4) is 0 Å². The molecule has 0 saturated heterocycles. The summed E-state index contributed by atoms with van der Waals surface area (Å²) < 4.78 is 38.6. The predicted molar refractivity (Wildman–Crippen MR) is 84.5 cm³/mol. The number of carbonyl (C=O) groups is 2. The lowest BCUT2D eigenvalue weighted by atomic mass is 10.1. The topological polar surface area (TPSA) is 58.2 Å². The number of alkyl halides is 3. The van der Waals surface area contributed by atoms with Crippen LogP contribution in [0.15, 0.2) is 48.5 Å². The van der Waals surface area contributed by atoms with Gasteiger partial charge in [-0.1, -0.05) is 29.8 Å². The quantitative estimate of drug-likeness (QED) is 0.830. The smallest absolute Gasteiger partial charge is 0.326 e. The maximum Gasteiger partial charge on any atom is 0.418 e. The molecule has 2 aromatic rings. The fourth-order valence-electron chi connectivity index (χ4n) is 2.02. The Kier molecular flexibility index (Phi) is 5.23. The Morgan fingerprint density at radius 1 is 0.917 bits per heavy atom. The van der Waals surface area contributed by atoms with Gasteiger partial charge in [-0.2, -0.15) is 13.2 Å². The van der Waals surface area contributed by atoms with Gasteiger partial charge in [0.05, 0.1) is 11.3 Å². The summed E-state index contributed by atoms with van der Waals surface area (Å²) in [5, 5.41) is 4.63. The van der Waals surface area contributed by atoms with Gasteiger partial charge in [0.1, 0.15) is 6.42 Å². The number of hydrogen-bond donors (Lipinski definition) is 2. The largest absolute Gasteiger partial charge is 0.418 e. The molecule has 2 N–H and O–H groups in total. The van der Waals surface area contributed by atoms with E-state index in [0.717, 1.165) is 17.7 Å². The van der Waals surface area contributed by atoms with Gasteiger partial charge in [0, 0.05) is 5.69 Å². The fraction of sp³-hybridized carbons (Fsp3) is 0.176. The van der Waals surface area contributed by atoms with Crippen molar-refractivity contribution in [3.05, 3.63) is 59.7 Å². The molecule has 0 heterocycles. The van der Waals surface area contributed by atoms with Crippen LogP contribution in [-0.4, -0.2) is 11.8 Å². The first kappa shape index (κ1) is 17.5. The molecular weight excluding hydrogens is 321 g/mol. The van der Waals surface area contributed by atoms with Crippen molar-refractivity contribution in [3.8, 4) is 0 Å². The van der Waals surface area contributed by atoms with Crippen LogP contribution in [0, 0.1) is 6.92 Å². The van der Waals surface area contributed by atoms with Crippen molar-refractivity contribution in [2.75, 3.05) is 10.6 Å². The number of nitrogens with one attached hydrogen (secondary N) is 2. The molecule has 126 valence electrons. The van der Waals surface area contributed by atoms with Crippen LogP contribution in [0.1, 0.15) is 17.5 Å². The molecule has 24 heavy (non-hydrogen) atoms. The third kappa shape index (κ3) is 4.84. The van der Waals surface area contributed by atoms with Crippen LogP contribution in [-0.2, 0) is 15.8 Å². The summed E-state index contributed by atoms with van der Waals surface area (Å²) in [7, 11) is 0. The highest BCUT2D eigenvalue weighted by Crippen LogP contribution is 2.34. The summed E-state index contributed by atoms with van der Waals surface area (Å²) in [6.07, 6.45) is -5.17. The lowest BCUT2D eigenvalue weighted by Crippen LogP contribution is -2.22. The molecule has 0 saturated carbocycles. The molecule has 0 radical (unpaired) electrons. The summed E-state index contributed by atoms with van der Waals surface area (Å²) >= 11 is 0. The van der Waals surface area contributed by atoms with Gasteiger partial charge in [-0.05, 0) is 31.2 Å². The number of benzene rings is 2. The molecule has 0 aliphatic carbocycles. The van der Waals surface area contributed by atoms with Crippen molar-refractivity contribution in [3.63, 3.8) is 0 Å². The highest BCUT2D eigenvalue weighted by molar-refractivity contribution is 6.08. The Hall–Kier alpha value is -2.83. The average molecular weight is 336 g/mol. The minimum absolute atomic E-state index is 0.377. The van der Waals surface area contributed by atoms with Gasteiger partial charge in [-0.15, -0.1) is 0 Å². The zero-order valence-corrected chi connectivity index (χ0v) is 12.8. The van der Waals surface area contributed by atoms with Crippen molar-refractivity contribution in [2.45, 2.75) is 19.5 Å². The first-order valence-corrected chi connectivity index (χ1v) is 7.08. The number of halogens is 3. The van der Waals surface area contributed by atoms with Crippen molar-refractivity contribution < 1.29 is 22.8 Å². The van der Waals surface area contributed by atoms with E-state index in [1.165, 1.54) is 12.1 Å². The second-order valence-electron chi connectivity index (χ2n) is 5.18. The zero-order chi connectivity index (χ0) is 17.7. The monoisotopic (exact) mass is 336 g/mol. The summed E-state index contributed by atoms with van der Waals surface area (Å²) in [6.45, 7) is 1.89. The van der Waals surface area contributed by atoms with Crippen LogP contribution in [0.4, 0.5) is 24.5 Å². The van der Waals surface area contributed by atoms with Crippen molar-refractivity contribution >= 4 is 23.2 Å². The Morgan fingerprint density at radius 3 is 2.12 bits per heavy atom. The molecule has 2 amide bonds. The Bertz CT molecular complexity index is 740. The van der Waals surface area contributed by atoms with E-state index in [-0.39, 0.29) is 5.69 Å². The fourth-order valence-corrected chi connectivity index (χ4v) is 2.02. The van der Waals surface area contributed by atoms with E-state index in [1.807, 2.05) is 6.92 Å². The van der Waals surface area contributed by atoms with E-state index < -0.39 is 30.0 Å². The second-order valence-corrected chi connectivity index (χ2v) is 5.18. The minimum Gasteiger partial charge on any atom is -0.326 e. The number of para-hydroxylation sites is 1. The van der Waals surface area contributed by atoms with E-state index in [2.05, 4.69) is 10.6 Å². The SMILES string of the molecule is Cc1ccc(NC(=O)CC(=O)Nc2ccccc2C(F)(F)F)cc1. The molecule has 0 bridgehead atoms. The average Bonchev–Trinajstić information content (AvgIpc) is 2.49. The van der Waals surface area contributed by atoms with Gasteiger partial charge in [-0.25, -0.2) is 0 Å². The van der Waals surface area contributed by atoms with Crippen molar-refractivity contribution in [1.29, 1.82) is 0 Å². The Labute approximate surface area is 136 Å². The van der Waals surface area contributed by atoms with Gasteiger partial charge in [0.25, 0.3) is 0 Å². The molecule has 2 rings (SSSR count). The molecule has 4 nitrogen and oxygen atoms in total. The summed E-state index contributed by atoms with van der Waals surface area (Å²) in [5.41, 5.74) is 0.180. The van der Waals surface area contributed by atoms with Crippen LogP contribution < -0.4 is 10.6 Å². The highest BCUT2D eigenvalue weighted by Gasteiger charge is 2.33. The van der Waals surface area contributed by atoms with Crippen LogP contribution in [0.5, 0.6) is 0 Å². The molecular formula is C17H15F3N2O2. The van der Waals surface area contributed by atoms with E-state index in [0.29, 0.717) is 5.69 Å². The normalized spacial score (nSPS) is 11.0. The molecule has 0 aromatic heterocycles. The molecule has 0 fully saturated rings. The first-order valence-electron chi connectivity index (χ1n) is 7.08. The van der Waals surface area contributed by atoms with Gasteiger partial charge in [0.2, 0.25) is 11.8 Å². The van der Waals surface area contributed by atoms with Crippen LogP contribution in [0.2, 0.25) is 0 Å². The highest BCUT2D eigenvalue weighted by atomic mass is 19.4. The number of anilines is 2. The predicted octanol–water partition coefficient (Wildman–Crippen LogP) is 3.98. The number of amides is 2. The van der Waals surface area contributed by atoms with Crippen LogP contribution in [0.25, 0.3) is 0 Å². The van der Waals surface area contributed by atoms with Crippen molar-refractivity contribution in [2.24, 2.45) is 0 Å². The molecule has 0 unspecified atom stereocenters. The molecule has 0 aliphatic rings. The minimum atomic E-state index is -4.59. The zero-order valence-electron chi connectivity index (χ0n) is 12.8. The Balaban J connectivity index is 1.98. The molecule has 0 aliphatic heterocycles. The summed E-state index contributed by atoms with van der Waals surface area (Å²) in [4.78, 5) is 23.6. The number of hydrogen-bond acceptors (Lipinski definition) is 2. The lowest BCUT2D eigenvalue weighted by Gasteiger charge is -2.13. The maximum absolute atomic E-state index is 12.9. The summed E-state index contributed by atoms with van der Waals surface area (Å²) in [5.74, 6) is -1.43. The van der Waals surface area contributed by atoms with E-state index in [1.54, 1.807) is 24.3 Å². The first-order chi connectivity index (χ1) is 11.3. The Morgan fingerprint density at radius 2 is 1.50 bits per heavy atom. The van der Waals surface area contributed by atoms with E-state index in [9.17, 15) is 22.8 Å². The van der Waals surface area contributed by atoms with Gasteiger partial charge in [0.15, 0.2) is 0 Å². The van der Waals surface area contributed by atoms with E-state index in [4.69, 9.17) is 0 Å². The summed E-state index contributed by atoms with van der Waals surface area (Å²) in [6, 6.07) is 11.5. The number of carbonyl (C=O) groups excluding carboxylic acids is 2. The van der Waals surface area contributed by atoms with Crippen molar-refractivity contribution in [1.82, 2.24) is 0 Å². The molecule has 7 heteroatoms. The van der Waals surface area contributed by atoms with Crippen LogP contribution >= 0.6 is 0 Å². The third-order valence-electron chi connectivity index (χ3n) is 3.16. The third-order valence-corrected chi connectivity index (χ3v) is 3.16. The molecule has 2 aromatic carbocycles. The lowest BCUT2D eigenvalue weighted by molar-refractivity contribution is -0.137. The molecule has 0 spiro atoms. The molecule has 0 atom stereocenters.